The van der Waals surface area contributed by atoms with Crippen LogP contribution in [0.4, 0.5) is 4.39 Å². The van der Waals surface area contributed by atoms with Crippen molar-refractivity contribution in [3.63, 3.8) is 0 Å². The Morgan fingerprint density at radius 3 is 2.43 bits per heavy atom. The molecule has 0 aliphatic rings. The highest BCUT2D eigenvalue weighted by molar-refractivity contribution is 7.16. The van der Waals surface area contributed by atoms with Crippen LogP contribution in [-0.4, -0.2) is 10.5 Å². The van der Waals surface area contributed by atoms with E-state index >= 15 is 0 Å². The van der Waals surface area contributed by atoms with E-state index in [1.54, 1.807) is 0 Å². The molecule has 23 heavy (non-hydrogen) atoms. The van der Waals surface area contributed by atoms with Crippen molar-refractivity contribution in [3.8, 4) is 0 Å². The van der Waals surface area contributed by atoms with Crippen molar-refractivity contribution in [2.24, 2.45) is 4.99 Å². The quantitative estimate of drug-likeness (QED) is 0.693. The zero-order valence-electron chi connectivity index (χ0n) is 13.3. The van der Waals surface area contributed by atoms with E-state index < -0.39 is 0 Å². The summed E-state index contributed by atoms with van der Waals surface area (Å²) in [5.41, 5.74) is 3.86. The Morgan fingerprint density at radius 1 is 1.13 bits per heavy atom. The van der Waals surface area contributed by atoms with Gasteiger partial charge in [-0.1, -0.05) is 23.5 Å². The molecule has 3 aromatic rings. The van der Waals surface area contributed by atoms with Crippen molar-refractivity contribution in [3.05, 3.63) is 63.7 Å². The van der Waals surface area contributed by atoms with Crippen LogP contribution in [0.25, 0.3) is 10.2 Å². The fraction of sp³-hybridized carbons (Fsp3) is 0.222. The number of carbonyl (C=O) groups is 1. The van der Waals surface area contributed by atoms with Crippen LogP contribution in [0.15, 0.2) is 41.4 Å². The number of fused-ring (bicyclic) bond motifs is 1. The van der Waals surface area contributed by atoms with Gasteiger partial charge >= 0.3 is 0 Å². The molecule has 0 saturated heterocycles. The second kappa shape index (κ2) is 6.08. The van der Waals surface area contributed by atoms with Gasteiger partial charge in [0.2, 0.25) is 0 Å². The zero-order chi connectivity index (χ0) is 16.6. The second-order valence-corrected chi connectivity index (χ2v) is 6.41. The molecule has 1 amide bonds. The van der Waals surface area contributed by atoms with Gasteiger partial charge in [0.25, 0.3) is 5.91 Å². The van der Waals surface area contributed by atoms with Crippen molar-refractivity contribution >= 4 is 27.5 Å². The number of amides is 1. The maximum Gasteiger partial charge on any atom is 0.279 e. The Hall–Kier alpha value is -2.27. The predicted octanol–water partition coefficient (Wildman–Crippen LogP) is 4.22. The fourth-order valence-electron chi connectivity index (χ4n) is 2.60. The van der Waals surface area contributed by atoms with E-state index in [1.165, 1.54) is 46.7 Å². The highest BCUT2D eigenvalue weighted by Crippen LogP contribution is 2.24. The lowest BCUT2D eigenvalue weighted by Crippen LogP contribution is -2.16. The van der Waals surface area contributed by atoms with Crippen LogP contribution in [0.5, 0.6) is 0 Å². The van der Waals surface area contributed by atoms with Crippen molar-refractivity contribution in [1.82, 2.24) is 4.57 Å². The Kier molecular flexibility index (Phi) is 4.13. The first-order valence-electron chi connectivity index (χ1n) is 7.45. The lowest BCUT2D eigenvalue weighted by molar-refractivity contribution is 0.0998. The van der Waals surface area contributed by atoms with Gasteiger partial charge in [0.1, 0.15) is 5.82 Å². The summed E-state index contributed by atoms with van der Waals surface area (Å²) in [6.45, 7) is 6.89. The minimum Gasteiger partial charge on any atom is -0.316 e. The van der Waals surface area contributed by atoms with Gasteiger partial charge in [0, 0.05) is 12.1 Å². The van der Waals surface area contributed by atoms with E-state index in [-0.39, 0.29) is 11.7 Å². The first kappa shape index (κ1) is 15.6. The molecule has 0 spiro atoms. The minimum absolute atomic E-state index is 0.353. The summed E-state index contributed by atoms with van der Waals surface area (Å²) in [6.07, 6.45) is 0. The van der Waals surface area contributed by atoms with Crippen LogP contribution in [0, 0.1) is 19.7 Å². The average molecular weight is 328 g/mol. The summed E-state index contributed by atoms with van der Waals surface area (Å²) in [5, 5.41) is 0. The number of aromatic nitrogens is 1. The van der Waals surface area contributed by atoms with E-state index in [4.69, 9.17) is 0 Å². The number of hydrogen-bond acceptors (Lipinski definition) is 2. The van der Waals surface area contributed by atoms with E-state index in [2.05, 4.69) is 35.5 Å². The molecule has 0 aliphatic heterocycles. The maximum absolute atomic E-state index is 13.0. The second-order valence-electron chi connectivity index (χ2n) is 5.43. The van der Waals surface area contributed by atoms with Gasteiger partial charge in [0.05, 0.1) is 10.2 Å². The van der Waals surface area contributed by atoms with Gasteiger partial charge < -0.3 is 4.57 Å². The fourth-order valence-corrected chi connectivity index (χ4v) is 3.84. The van der Waals surface area contributed by atoms with Crippen LogP contribution >= 0.6 is 11.3 Å². The number of rotatable bonds is 2. The molecule has 0 unspecified atom stereocenters. The lowest BCUT2D eigenvalue weighted by atomic mass is 10.1. The molecule has 3 rings (SSSR count). The largest absolute Gasteiger partial charge is 0.316 e. The molecule has 2 aromatic carbocycles. The maximum atomic E-state index is 13.0. The van der Waals surface area contributed by atoms with Crippen LogP contribution in [-0.2, 0) is 6.54 Å². The normalized spacial score (nSPS) is 12.1. The molecular weight excluding hydrogens is 311 g/mol. The molecule has 0 atom stereocenters. The van der Waals surface area contributed by atoms with Crippen molar-refractivity contribution < 1.29 is 9.18 Å². The van der Waals surface area contributed by atoms with Gasteiger partial charge in [-0.3, -0.25) is 4.79 Å². The first-order chi connectivity index (χ1) is 11.0. The molecule has 0 aliphatic carbocycles. The van der Waals surface area contributed by atoms with E-state index in [0.717, 1.165) is 16.8 Å². The van der Waals surface area contributed by atoms with Gasteiger partial charge in [-0.15, -0.1) is 0 Å². The average Bonchev–Trinajstić information content (AvgIpc) is 2.91. The molecule has 0 N–H and O–H groups in total. The number of thiazole rings is 1. The molecular formula is C18H17FN2OS. The Bertz CT molecular complexity index is 952. The molecule has 3 nitrogen and oxygen atoms in total. The number of carbonyl (C=O) groups excluding carboxylic acids is 1. The van der Waals surface area contributed by atoms with Gasteiger partial charge in [-0.2, -0.15) is 4.99 Å². The molecule has 0 bridgehead atoms. The first-order valence-corrected chi connectivity index (χ1v) is 8.27. The summed E-state index contributed by atoms with van der Waals surface area (Å²) >= 11 is 1.52. The Balaban J connectivity index is 2.19. The number of hydrogen-bond donors (Lipinski definition) is 0. The molecule has 0 radical (unpaired) electrons. The van der Waals surface area contributed by atoms with Gasteiger partial charge in [-0.05, 0) is 56.2 Å². The summed E-state index contributed by atoms with van der Waals surface area (Å²) in [4.78, 5) is 17.3. The Morgan fingerprint density at radius 2 is 1.78 bits per heavy atom. The number of nitrogens with zero attached hydrogens (tertiary/aromatic N) is 2. The van der Waals surface area contributed by atoms with E-state index in [0.29, 0.717) is 10.4 Å². The summed E-state index contributed by atoms with van der Waals surface area (Å²) in [5.74, 6) is -0.715. The van der Waals surface area contributed by atoms with E-state index in [9.17, 15) is 9.18 Å². The smallest absolute Gasteiger partial charge is 0.279 e. The molecule has 0 saturated carbocycles. The third-order valence-corrected chi connectivity index (χ3v) is 5.04. The monoisotopic (exact) mass is 328 g/mol. The van der Waals surface area contributed by atoms with Crippen LogP contribution < -0.4 is 4.80 Å². The number of aryl methyl sites for hydroxylation is 3. The topological polar surface area (TPSA) is 34.4 Å². The van der Waals surface area contributed by atoms with Crippen molar-refractivity contribution in [2.45, 2.75) is 27.3 Å². The minimum atomic E-state index is -0.363. The molecule has 0 fully saturated rings. The van der Waals surface area contributed by atoms with Gasteiger partial charge in [-0.25, -0.2) is 4.39 Å². The van der Waals surface area contributed by atoms with Crippen molar-refractivity contribution in [1.29, 1.82) is 0 Å². The summed E-state index contributed by atoms with van der Waals surface area (Å²) < 4.78 is 16.2. The molecule has 5 heteroatoms. The highest BCUT2D eigenvalue weighted by atomic mass is 32.1. The number of benzene rings is 2. The van der Waals surface area contributed by atoms with Crippen LogP contribution in [0.1, 0.15) is 28.4 Å². The third kappa shape index (κ3) is 2.84. The van der Waals surface area contributed by atoms with Gasteiger partial charge in [0.15, 0.2) is 4.80 Å². The predicted molar refractivity (Wildman–Crippen MR) is 91.3 cm³/mol. The Labute approximate surface area is 137 Å². The molecule has 118 valence electrons. The SMILES string of the molecule is CCn1c(=NC(=O)c2ccc(F)cc2)sc2c(C)ccc(C)c21. The summed E-state index contributed by atoms with van der Waals surface area (Å²) in [6, 6.07) is 9.64. The third-order valence-electron chi connectivity index (χ3n) is 3.83. The highest BCUT2D eigenvalue weighted by Gasteiger charge is 2.11. The standard InChI is InChI=1S/C18H17FN2OS/c1-4-21-15-11(2)5-6-12(3)16(15)23-18(21)20-17(22)13-7-9-14(19)10-8-13/h5-10H,4H2,1-3H3. The summed E-state index contributed by atoms with van der Waals surface area (Å²) in [7, 11) is 0. The molecule has 1 heterocycles. The van der Waals surface area contributed by atoms with Crippen molar-refractivity contribution in [2.75, 3.05) is 0 Å². The molecule has 1 aromatic heterocycles. The zero-order valence-corrected chi connectivity index (χ0v) is 14.1. The van der Waals surface area contributed by atoms with E-state index in [1.807, 2.05) is 6.92 Å². The van der Waals surface area contributed by atoms with Crippen LogP contribution in [0.2, 0.25) is 0 Å². The van der Waals surface area contributed by atoms with Crippen LogP contribution in [0.3, 0.4) is 0 Å². The lowest BCUT2D eigenvalue weighted by Gasteiger charge is -2.04. The number of halogens is 1.